The third-order valence-electron chi connectivity index (χ3n) is 2.84. The molecule has 2 nitrogen and oxygen atoms in total. The summed E-state index contributed by atoms with van der Waals surface area (Å²) in [5, 5.41) is 9.92. The molecule has 1 fully saturated rings. The molecule has 0 bridgehead atoms. The van der Waals surface area contributed by atoms with Crippen LogP contribution in [0.5, 0.6) is 0 Å². The van der Waals surface area contributed by atoms with E-state index in [2.05, 4.69) is 4.90 Å². The highest BCUT2D eigenvalue weighted by molar-refractivity contribution is 7.16. The van der Waals surface area contributed by atoms with Gasteiger partial charge in [0.1, 0.15) is 0 Å². The molecule has 0 saturated carbocycles. The molecule has 84 valence electrons. The SMILES string of the molecule is O[C@@H](CCN1CCCC1)c1ccc(Cl)s1. The van der Waals surface area contributed by atoms with E-state index < -0.39 is 0 Å². The minimum Gasteiger partial charge on any atom is -0.388 e. The Kier molecular flexibility index (Phi) is 4.03. The molecular weight excluding hydrogens is 230 g/mol. The maximum atomic E-state index is 9.92. The number of halogens is 1. The predicted octanol–water partition coefficient (Wildman–Crippen LogP) is 2.92. The van der Waals surface area contributed by atoms with Crippen LogP contribution in [-0.2, 0) is 0 Å². The molecule has 0 aliphatic carbocycles. The molecule has 1 aromatic heterocycles. The zero-order valence-corrected chi connectivity index (χ0v) is 10.2. The molecule has 1 aliphatic heterocycles. The number of likely N-dealkylation sites (tertiary alicyclic amines) is 1. The van der Waals surface area contributed by atoms with Gasteiger partial charge in [0.2, 0.25) is 0 Å². The van der Waals surface area contributed by atoms with Gasteiger partial charge in [-0.05, 0) is 44.5 Å². The Hall–Kier alpha value is -0.0900. The van der Waals surface area contributed by atoms with Crippen molar-refractivity contribution in [1.29, 1.82) is 0 Å². The lowest BCUT2D eigenvalue weighted by atomic mass is 10.2. The van der Waals surface area contributed by atoms with Crippen molar-refractivity contribution in [3.8, 4) is 0 Å². The van der Waals surface area contributed by atoms with Crippen LogP contribution in [0.15, 0.2) is 12.1 Å². The third kappa shape index (κ3) is 3.18. The van der Waals surface area contributed by atoms with Gasteiger partial charge in [0.05, 0.1) is 10.4 Å². The van der Waals surface area contributed by atoms with Crippen LogP contribution < -0.4 is 0 Å². The van der Waals surface area contributed by atoms with Gasteiger partial charge in [0, 0.05) is 11.4 Å². The van der Waals surface area contributed by atoms with E-state index in [9.17, 15) is 5.11 Å². The first-order valence-electron chi connectivity index (χ1n) is 5.41. The molecule has 0 unspecified atom stereocenters. The number of thiophene rings is 1. The first kappa shape index (κ1) is 11.4. The van der Waals surface area contributed by atoms with E-state index in [0.717, 1.165) is 22.2 Å². The summed E-state index contributed by atoms with van der Waals surface area (Å²) in [4.78, 5) is 3.40. The fourth-order valence-corrected chi connectivity index (χ4v) is 3.04. The van der Waals surface area contributed by atoms with Gasteiger partial charge in [-0.2, -0.15) is 0 Å². The Labute approximate surface area is 99.5 Å². The second-order valence-corrected chi connectivity index (χ2v) is 5.74. The molecule has 1 aromatic rings. The quantitative estimate of drug-likeness (QED) is 0.882. The van der Waals surface area contributed by atoms with Crippen molar-refractivity contribution in [1.82, 2.24) is 4.90 Å². The number of nitrogens with zero attached hydrogens (tertiary/aromatic N) is 1. The lowest BCUT2D eigenvalue weighted by molar-refractivity contribution is 0.152. The Morgan fingerprint density at radius 3 is 2.73 bits per heavy atom. The van der Waals surface area contributed by atoms with Crippen LogP contribution in [0.3, 0.4) is 0 Å². The minimum absolute atomic E-state index is 0.344. The lowest BCUT2D eigenvalue weighted by Crippen LogP contribution is -2.21. The fourth-order valence-electron chi connectivity index (χ4n) is 1.96. The Morgan fingerprint density at radius 2 is 2.13 bits per heavy atom. The van der Waals surface area contributed by atoms with E-state index >= 15 is 0 Å². The molecule has 1 saturated heterocycles. The Balaban J connectivity index is 1.79. The summed E-state index contributed by atoms with van der Waals surface area (Å²) in [5.74, 6) is 0. The van der Waals surface area contributed by atoms with Crippen LogP contribution in [0.25, 0.3) is 0 Å². The summed E-state index contributed by atoms with van der Waals surface area (Å²) in [7, 11) is 0. The first-order chi connectivity index (χ1) is 7.25. The normalized spacial score (nSPS) is 19.6. The van der Waals surface area contributed by atoms with Gasteiger partial charge in [-0.3, -0.25) is 0 Å². The lowest BCUT2D eigenvalue weighted by Gasteiger charge is -2.16. The van der Waals surface area contributed by atoms with Crippen LogP contribution in [0.2, 0.25) is 4.34 Å². The van der Waals surface area contributed by atoms with Gasteiger partial charge in [0.15, 0.2) is 0 Å². The Bertz CT molecular complexity index is 309. The largest absolute Gasteiger partial charge is 0.388 e. The highest BCUT2D eigenvalue weighted by atomic mass is 35.5. The van der Waals surface area contributed by atoms with Crippen LogP contribution >= 0.6 is 22.9 Å². The molecule has 0 aromatic carbocycles. The van der Waals surface area contributed by atoms with Crippen LogP contribution in [0, 0.1) is 0 Å². The standard InChI is InChI=1S/C11H16ClNOS/c12-11-4-3-10(15-11)9(14)5-8-13-6-1-2-7-13/h3-4,9,14H,1-2,5-8H2/t9-/m0/s1. The second kappa shape index (κ2) is 5.30. The van der Waals surface area contributed by atoms with E-state index in [1.165, 1.54) is 37.3 Å². The van der Waals surface area contributed by atoms with Gasteiger partial charge in [-0.1, -0.05) is 11.6 Å². The van der Waals surface area contributed by atoms with Crippen molar-refractivity contribution < 1.29 is 5.11 Å². The monoisotopic (exact) mass is 245 g/mol. The zero-order valence-electron chi connectivity index (χ0n) is 8.66. The molecule has 0 spiro atoms. The summed E-state index contributed by atoms with van der Waals surface area (Å²) in [6.07, 6.45) is 3.08. The molecule has 1 atom stereocenters. The smallest absolute Gasteiger partial charge is 0.0932 e. The van der Waals surface area contributed by atoms with Crippen LogP contribution in [-0.4, -0.2) is 29.6 Å². The second-order valence-electron chi connectivity index (χ2n) is 4.00. The van der Waals surface area contributed by atoms with Gasteiger partial charge in [0.25, 0.3) is 0 Å². The van der Waals surface area contributed by atoms with Gasteiger partial charge >= 0.3 is 0 Å². The molecule has 2 rings (SSSR count). The maximum absolute atomic E-state index is 9.92. The van der Waals surface area contributed by atoms with Crippen molar-refractivity contribution in [2.75, 3.05) is 19.6 Å². The number of rotatable bonds is 4. The molecule has 2 heterocycles. The summed E-state index contributed by atoms with van der Waals surface area (Å²) in [6.45, 7) is 3.38. The molecule has 0 radical (unpaired) electrons. The topological polar surface area (TPSA) is 23.5 Å². The third-order valence-corrected chi connectivity index (χ3v) is 4.17. The van der Waals surface area contributed by atoms with E-state index in [1.54, 1.807) is 0 Å². The number of hydrogen-bond acceptors (Lipinski definition) is 3. The highest BCUT2D eigenvalue weighted by Crippen LogP contribution is 2.28. The summed E-state index contributed by atoms with van der Waals surface area (Å²) in [6, 6.07) is 3.77. The summed E-state index contributed by atoms with van der Waals surface area (Å²) < 4.78 is 0.755. The van der Waals surface area contributed by atoms with Gasteiger partial charge in [-0.25, -0.2) is 0 Å². The van der Waals surface area contributed by atoms with E-state index in [4.69, 9.17) is 11.6 Å². The predicted molar refractivity (Wildman–Crippen MR) is 64.6 cm³/mol. The molecule has 4 heteroatoms. The van der Waals surface area contributed by atoms with Crippen molar-refractivity contribution in [3.05, 3.63) is 21.3 Å². The average molecular weight is 246 g/mol. The number of aliphatic hydroxyl groups is 1. The number of aliphatic hydroxyl groups excluding tert-OH is 1. The maximum Gasteiger partial charge on any atom is 0.0932 e. The van der Waals surface area contributed by atoms with Crippen molar-refractivity contribution in [3.63, 3.8) is 0 Å². The van der Waals surface area contributed by atoms with Gasteiger partial charge < -0.3 is 10.0 Å². The van der Waals surface area contributed by atoms with E-state index in [-0.39, 0.29) is 6.10 Å². The number of hydrogen-bond donors (Lipinski definition) is 1. The molecule has 15 heavy (non-hydrogen) atoms. The zero-order chi connectivity index (χ0) is 10.7. The summed E-state index contributed by atoms with van der Waals surface area (Å²) in [5.41, 5.74) is 0. The van der Waals surface area contributed by atoms with Crippen LogP contribution in [0.1, 0.15) is 30.2 Å². The molecular formula is C11H16ClNOS. The van der Waals surface area contributed by atoms with E-state index in [0.29, 0.717) is 0 Å². The highest BCUT2D eigenvalue weighted by Gasteiger charge is 2.15. The van der Waals surface area contributed by atoms with Crippen LogP contribution in [0.4, 0.5) is 0 Å². The van der Waals surface area contributed by atoms with Crippen molar-refractivity contribution >= 4 is 22.9 Å². The average Bonchev–Trinajstić information content (AvgIpc) is 2.84. The van der Waals surface area contributed by atoms with Crippen molar-refractivity contribution in [2.24, 2.45) is 0 Å². The molecule has 0 amide bonds. The van der Waals surface area contributed by atoms with E-state index in [1.807, 2.05) is 12.1 Å². The molecule has 1 N–H and O–H groups in total. The van der Waals surface area contributed by atoms with Gasteiger partial charge in [-0.15, -0.1) is 11.3 Å². The minimum atomic E-state index is -0.344. The first-order valence-corrected chi connectivity index (χ1v) is 6.61. The fraction of sp³-hybridized carbons (Fsp3) is 0.636. The molecule has 1 aliphatic rings. The Morgan fingerprint density at radius 1 is 1.40 bits per heavy atom. The summed E-state index contributed by atoms with van der Waals surface area (Å²) >= 11 is 7.30. The van der Waals surface area contributed by atoms with Crippen molar-refractivity contribution in [2.45, 2.75) is 25.4 Å².